The van der Waals surface area contributed by atoms with E-state index in [1.54, 1.807) is 18.2 Å². The van der Waals surface area contributed by atoms with Crippen molar-refractivity contribution >= 4 is 11.9 Å². The molecular weight excluding hydrogens is 232 g/mol. The van der Waals surface area contributed by atoms with Crippen LogP contribution in [0.4, 0.5) is 0 Å². The highest BCUT2D eigenvalue weighted by molar-refractivity contribution is 5.91. The van der Waals surface area contributed by atoms with Gasteiger partial charge in [-0.05, 0) is 31.6 Å². The first-order chi connectivity index (χ1) is 8.65. The lowest BCUT2D eigenvalue weighted by molar-refractivity contribution is -0.120. The Morgan fingerprint density at radius 1 is 1.22 bits per heavy atom. The van der Waals surface area contributed by atoms with Crippen LogP contribution in [0.3, 0.4) is 0 Å². The van der Waals surface area contributed by atoms with Gasteiger partial charge in [-0.25, -0.2) is 4.79 Å². The zero-order valence-electron chi connectivity index (χ0n) is 10.4. The topological polar surface area (TPSA) is 78.4 Å². The molecule has 3 N–H and O–H groups in total. The molecule has 0 aliphatic rings. The Kier molecular flexibility index (Phi) is 5.87. The SMILES string of the molecule is CNCCCNC(=O)Cc1ccccc1C(=O)O. The minimum absolute atomic E-state index is 0.0992. The Morgan fingerprint density at radius 2 is 1.94 bits per heavy atom. The molecule has 0 aliphatic heterocycles. The maximum atomic E-state index is 11.6. The predicted molar refractivity (Wildman–Crippen MR) is 68.7 cm³/mol. The summed E-state index contributed by atoms with van der Waals surface area (Å²) in [5.74, 6) is -1.16. The van der Waals surface area contributed by atoms with Crippen molar-refractivity contribution in [1.29, 1.82) is 0 Å². The Balaban J connectivity index is 2.51. The van der Waals surface area contributed by atoms with Crippen molar-refractivity contribution in [1.82, 2.24) is 10.6 Å². The van der Waals surface area contributed by atoms with Gasteiger partial charge in [0.25, 0.3) is 0 Å². The van der Waals surface area contributed by atoms with Gasteiger partial charge in [0.2, 0.25) is 5.91 Å². The van der Waals surface area contributed by atoms with Gasteiger partial charge in [0.05, 0.1) is 12.0 Å². The number of carboxylic acid groups (broad SMARTS) is 1. The number of aromatic carboxylic acids is 1. The van der Waals surface area contributed by atoms with E-state index >= 15 is 0 Å². The number of amides is 1. The van der Waals surface area contributed by atoms with Crippen LogP contribution in [0.25, 0.3) is 0 Å². The van der Waals surface area contributed by atoms with Crippen LogP contribution in [0.1, 0.15) is 22.3 Å². The molecule has 0 aromatic heterocycles. The number of nitrogens with one attached hydrogen (secondary N) is 2. The molecule has 0 bridgehead atoms. The lowest BCUT2D eigenvalue weighted by Crippen LogP contribution is -2.28. The lowest BCUT2D eigenvalue weighted by Gasteiger charge is -2.07. The van der Waals surface area contributed by atoms with E-state index in [2.05, 4.69) is 10.6 Å². The molecule has 18 heavy (non-hydrogen) atoms. The summed E-state index contributed by atoms with van der Waals surface area (Å²) in [5, 5.41) is 14.7. The van der Waals surface area contributed by atoms with Crippen LogP contribution < -0.4 is 10.6 Å². The molecule has 5 nitrogen and oxygen atoms in total. The van der Waals surface area contributed by atoms with Crippen LogP contribution in [0.5, 0.6) is 0 Å². The van der Waals surface area contributed by atoms with Crippen molar-refractivity contribution in [2.45, 2.75) is 12.8 Å². The molecule has 5 heteroatoms. The van der Waals surface area contributed by atoms with Crippen molar-refractivity contribution in [3.63, 3.8) is 0 Å². The van der Waals surface area contributed by atoms with E-state index in [4.69, 9.17) is 5.11 Å². The number of carbonyl (C=O) groups is 2. The second-order valence-corrected chi connectivity index (χ2v) is 3.95. The Morgan fingerprint density at radius 3 is 2.61 bits per heavy atom. The van der Waals surface area contributed by atoms with Crippen LogP contribution in [0.2, 0.25) is 0 Å². The Bertz CT molecular complexity index is 418. The lowest BCUT2D eigenvalue weighted by atomic mass is 10.0. The van der Waals surface area contributed by atoms with E-state index in [0.717, 1.165) is 13.0 Å². The summed E-state index contributed by atoms with van der Waals surface area (Å²) in [7, 11) is 1.85. The van der Waals surface area contributed by atoms with Gasteiger partial charge >= 0.3 is 5.97 Å². The van der Waals surface area contributed by atoms with Gasteiger partial charge in [-0.15, -0.1) is 0 Å². The molecule has 0 heterocycles. The third kappa shape index (κ3) is 4.55. The smallest absolute Gasteiger partial charge is 0.335 e. The fraction of sp³-hybridized carbons (Fsp3) is 0.385. The van der Waals surface area contributed by atoms with Crippen molar-refractivity contribution in [3.8, 4) is 0 Å². The first kappa shape index (κ1) is 14.2. The van der Waals surface area contributed by atoms with E-state index < -0.39 is 5.97 Å². The van der Waals surface area contributed by atoms with E-state index in [0.29, 0.717) is 12.1 Å². The van der Waals surface area contributed by atoms with E-state index in [1.807, 2.05) is 7.05 Å². The van der Waals surface area contributed by atoms with Gasteiger partial charge in [0.15, 0.2) is 0 Å². The zero-order chi connectivity index (χ0) is 13.4. The quantitative estimate of drug-likeness (QED) is 0.621. The fourth-order valence-corrected chi connectivity index (χ4v) is 1.61. The number of carbonyl (C=O) groups excluding carboxylic acids is 1. The fourth-order valence-electron chi connectivity index (χ4n) is 1.61. The van der Waals surface area contributed by atoms with E-state index in [9.17, 15) is 9.59 Å². The summed E-state index contributed by atoms with van der Waals surface area (Å²) in [5.41, 5.74) is 0.721. The van der Waals surface area contributed by atoms with Crippen LogP contribution in [-0.4, -0.2) is 37.1 Å². The maximum Gasteiger partial charge on any atom is 0.335 e. The normalized spacial score (nSPS) is 10.1. The highest BCUT2D eigenvalue weighted by Gasteiger charge is 2.11. The number of benzene rings is 1. The van der Waals surface area contributed by atoms with Gasteiger partial charge in [-0.1, -0.05) is 18.2 Å². The van der Waals surface area contributed by atoms with Gasteiger partial charge < -0.3 is 15.7 Å². The highest BCUT2D eigenvalue weighted by Crippen LogP contribution is 2.09. The number of hydrogen-bond acceptors (Lipinski definition) is 3. The number of rotatable bonds is 7. The van der Waals surface area contributed by atoms with Gasteiger partial charge in [0.1, 0.15) is 0 Å². The molecule has 0 saturated heterocycles. The van der Waals surface area contributed by atoms with Crippen LogP contribution >= 0.6 is 0 Å². The first-order valence-corrected chi connectivity index (χ1v) is 5.87. The van der Waals surface area contributed by atoms with Gasteiger partial charge in [0, 0.05) is 6.54 Å². The summed E-state index contributed by atoms with van der Waals surface area (Å²) in [6.45, 7) is 1.43. The summed E-state index contributed by atoms with van der Waals surface area (Å²) in [4.78, 5) is 22.6. The molecule has 1 amide bonds. The highest BCUT2D eigenvalue weighted by atomic mass is 16.4. The van der Waals surface area contributed by atoms with Gasteiger partial charge in [-0.2, -0.15) is 0 Å². The molecule has 0 saturated carbocycles. The minimum atomic E-state index is -1.01. The molecule has 0 fully saturated rings. The second-order valence-electron chi connectivity index (χ2n) is 3.95. The predicted octanol–water partition coefficient (Wildman–Crippen LogP) is 0.653. The molecule has 98 valence electrons. The number of carboxylic acids is 1. The third-order valence-electron chi connectivity index (χ3n) is 2.52. The number of hydrogen-bond donors (Lipinski definition) is 3. The first-order valence-electron chi connectivity index (χ1n) is 5.87. The summed E-state index contributed by atoms with van der Waals surface area (Å²) in [6.07, 6.45) is 0.949. The molecule has 1 rings (SSSR count). The van der Waals surface area contributed by atoms with E-state index in [-0.39, 0.29) is 17.9 Å². The molecule has 0 spiro atoms. The molecule has 0 atom stereocenters. The summed E-state index contributed by atoms with van der Waals surface area (Å²) < 4.78 is 0. The molecule has 1 aromatic carbocycles. The van der Waals surface area contributed by atoms with Crippen LogP contribution in [0.15, 0.2) is 24.3 Å². The van der Waals surface area contributed by atoms with Crippen molar-refractivity contribution < 1.29 is 14.7 Å². The van der Waals surface area contributed by atoms with Crippen LogP contribution in [-0.2, 0) is 11.2 Å². The summed E-state index contributed by atoms with van der Waals surface area (Å²) >= 11 is 0. The zero-order valence-corrected chi connectivity index (χ0v) is 10.4. The minimum Gasteiger partial charge on any atom is -0.478 e. The maximum absolute atomic E-state index is 11.6. The third-order valence-corrected chi connectivity index (χ3v) is 2.52. The molecular formula is C13H18N2O3. The van der Waals surface area contributed by atoms with Crippen LogP contribution in [0, 0.1) is 0 Å². The molecule has 0 radical (unpaired) electrons. The molecule has 1 aromatic rings. The van der Waals surface area contributed by atoms with Crippen molar-refractivity contribution in [2.75, 3.05) is 20.1 Å². The summed E-state index contributed by atoms with van der Waals surface area (Å²) in [6, 6.07) is 6.55. The van der Waals surface area contributed by atoms with Gasteiger partial charge in [-0.3, -0.25) is 4.79 Å². The Labute approximate surface area is 106 Å². The van der Waals surface area contributed by atoms with Crippen molar-refractivity contribution in [3.05, 3.63) is 35.4 Å². The molecule has 0 unspecified atom stereocenters. The standard InChI is InChI=1S/C13H18N2O3/c1-14-7-4-8-15-12(16)9-10-5-2-3-6-11(10)13(17)18/h2-3,5-6,14H,4,7-9H2,1H3,(H,15,16)(H,17,18). The van der Waals surface area contributed by atoms with E-state index in [1.165, 1.54) is 6.07 Å². The monoisotopic (exact) mass is 250 g/mol. The largest absolute Gasteiger partial charge is 0.478 e. The average Bonchev–Trinajstić information content (AvgIpc) is 2.35. The average molecular weight is 250 g/mol. The molecule has 0 aliphatic carbocycles. The second kappa shape index (κ2) is 7.45. The van der Waals surface area contributed by atoms with Crippen molar-refractivity contribution in [2.24, 2.45) is 0 Å². The Hall–Kier alpha value is -1.88.